The molecule has 0 radical (unpaired) electrons. The second-order valence-corrected chi connectivity index (χ2v) is 9.78. The minimum Gasteiger partial charge on any atom is -0.351 e. The van der Waals surface area contributed by atoms with Crippen LogP contribution in [0.2, 0.25) is 5.02 Å². The predicted molar refractivity (Wildman–Crippen MR) is 149 cm³/mol. The fourth-order valence-electron chi connectivity index (χ4n) is 4.74. The molecule has 2 unspecified atom stereocenters. The molecule has 1 fully saturated rings. The van der Waals surface area contributed by atoms with Gasteiger partial charge in [0.1, 0.15) is 0 Å². The number of carbonyl (C=O) groups is 1. The summed E-state index contributed by atoms with van der Waals surface area (Å²) in [6.45, 7) is 3.87. The number of benzene rings is 3. The molecule has 0 spiro atoms. The maximum atomic E-state index is 12.4. The Morgan fingerprint density at radius 2 is 1.64 bits per heavy atom. The molecule has 0 aliphatic carbocycles. The summed E-state index contributed by atoms with van der Waals surface area (Å²) in [7, 11) is 0. The maximum Gasteiger partial charge on any atom is 0.244 e. The van der Waals surface area contributed by atoms with E-state index in [1.165, 1.54) is 11.1 Å². The molecule has 4 N–H and O–H groups in total. The van der Waals surface area contributed by atoms with Crippen molar-refractivity contribution < 1.29 is 4.79 Å². The van der Waals surface area contributed by atoms with E-state index >= 15 is 0 Å². The first-order valence-corrected chi connectivity index (χ1v) is 13.0. The van der Waals surface area contributed by atoms with E-state index in [-0.39, 0.29) is 18.0 Å². The fourth-order valence-corrected chi connectivity index (χ4v) is 4.87. The van der Waals surface area contributed by atoms with E-state index in [1.54, 1.807) is 12.2 Å². The zero-order chi connectivity index (χ0) is 25.2. The van der Waals surface area contributed by atoms with Crippen molar-refractivity contribution in [3.63, 3.8) is 0 Å². The van der Waals surface area contributed by atoms with Gasteiger partial charge in [0.2, 0.25) is 5.91 Å². The Balaban J connectivity index is 1.36. The number of amides is 1. The van der Waals surface area contributed by atoms with E-state index in [0.29, 0.717) is 24.0 Å². The predicted octanol–water partition coefficient (Wildman–Crippen LogP) is 4.29. The van der Waals surface area contributed by atoms with Crippen molar-refractivity contribution in [2.75, 3.05) is 32.7 Å². The van der Waals surface area contributed by atoms with Crippen molar-refractivity contribution in [1.29, 1.82) is 0 Å². The number of rotatable bonds is 9. The average molecular weight is 503 g/mol. The van der Waals surface area contributed by atoms with Crippen molar-refractivity contribution in [2.45, 2.75) is 24.4 Å². The number of hydrogen-bond acceptors (Lipinski definition) is 4. The highest BCUT2D eigenvalue weighted by atomic mass is 35.5. The first-order chi connectivity index (χ1) is 17.6. The highest BCUT2D eigenvalue weighted by Gasteiger charge is 2.26. The van der Waals surface area contributed by atoms with Gasteiger partial charge < -0.3 is 21.3 Å². The summed E-state index contributed by atoms with van der Waals surface area (Å²) in [5.41, 5.74) is 9.71. The van der Waals surface area contributed by atoms with Crippen LogP contribution in [0.25, 0.3) is 6.08 Å². The fraction of sp³-hybridized carbons (Fsp3) is 0.300. The molecule has 1 saturated heterocycles. The molecule has 1 aliphatic rings. The second-order valence-electron chi connectivity index (χ2n) is 9.35. The van der Waals surface area contributed by atoms with Crippen LogP contribution in [0.4, 0.5) is 0 Å². The van der Waals surface area contributed by atoms with E-state index < -0.39 is 0 Å². The normalized spacial score (nSPS) is 18.9. The Morgan fingerprint density at radius 1 is 1.00 bits per heavy atom. The average Bonchev–Trinajstić information content (AvgIpc) is 3.13. The molecule has 1 aliphatic heterocycles. The van der Waals surface area contributed by atoms with Crippen LogP contribution in [0, 0.1) is 0 Å². The third-order valence-corrected chi connectivity index (χ3v) is 6.94. The van der Waals surface area contributed by atoms with Gasteiger partial charge in [0.05, 0.1) is 0 Å². The number of nitrogens with one attached hydrogen (secondary N) is 2. The SMILES string of the molecule is NCC1CN(CC(c2ccccc2)c2ccccc2)CCC(CNC(=O)C=Cc2ccc(Cl)cc2)N1. The van der Waals surface area contributed by atoms with E-state index in [4.69, 9.17) is 17.3 Å². The van der Waals surface area contributed by atoms with Gasteiger partial charge in [0.25, 0.3) is 0 Å². The lowest BCUT2D eigenvalue weighted by Crippen LogP contribution is -2.49. The highest BCUT2D eigenvalue weighted by Crippen LogP contribution is 2.26. The van der Waals surface area contributed by atoms with Gasteiger partial charge in [-0.3, -0.25) is 4.79 Å². The van der Waals surface area contributed by atoms with Crippen molar-refractivity contribution in [1.82, 2.24) is 15.5 Å². The second kappa shape index (κ2) is 13.4. The van der Waals surface area contributed by atoms with Crippen LogP contribution >= 0.6 is 11.6 Å². The largest absolute Gasteiger partial charge is 0.351 e. The monoisotopic (exact) mass is 502 g/mol. The van der Waals surface area contributed by atoms with Crippen LogP contribution in [0.3, 0.4) is 0 Å². The highest BCUT2D eigenvalue weighted by molar-refractivity contribution is 6.30. The number of carbonyl (C=O) groups excluding carboxylic acids is 1. The summed E-state index contributed by atoms with van der Waals surface area (Å²) in [6.07, 6.45) is 4.30. The molecule has 6 heteroatoms. The summed E-state index contributed by atoms with van der Waals surface area (Å²) < 4.78 is 0. The lowest BCUT2D eigenvalue weighted by molar-refractivity contribution is -0.116. The summed E-state index contributed by atoms with van der Waals surface area (Å²) in [4.78, 5) is 14.9. The van der Waals surface area contributed by atoms with Crippen LogP contribution in [0.1, 0.15) is 29.0 Å². The molecule has 36 heavy (non-hydrogen) atoms. The zero-order valence-electron chi connectivity index (χ0n) is 20.5. The molecule has 4 rings (SSSR count). The van der Waals surface area contributed by atoms with Crippen molar-refractivity contribution in [3.8, 4) is 0 Å². The Kier molecular flexibility index (Phi) is 9.70. The molecular formula is C30H35ClN4O. The van der Waals surface area contributed by atoms with Crippen LogP contribution in [0.5, 0.6) is 0 Å². The van der Waals surface area contributed by atoms with Crippen LogP contribution in [-0.4, -0.2) is 55.6 Å². The van der Waals surface area contributed by atoms with Gasteiger partial charge in [0, 0.05) is 55.3 Å². The smallest absolute Gasteiger partial charge is 0.244 e. The molecule has 3 aromatic carbocycles. The maximum absolute atomic E-state index is 12.4. The van der Waals surface area contributed by atoms with E-state index in [2.05, 4.69) is 76.2 Å². The molecule has 2 atom stereocenters. The Bertz CT molecular complexity index is 1070. The van der Waals surface area contributed by atoms with Crippen molar-refractivity contribution >= 4 is 23.6 Å². The molecule has 0 saturated carbocycles. The summed E-state index contributed by atoms with van der Waals surface area (Å²) in [5.74, 6) is 0.186. The van der Waals surface area contributed by atoms with E-state index in [9.17, 15) is 4.79 Å². The van der Waals surface area contributed by atoms with Crippen molar-refractivity contribution in [3.05, 3.63) is 113 Å². The zero-order valence-corrected chi connectivity index (χ0v) is 21.3. The third-order valence-electron chi connectivity index (χ3n) is 6.69. The standard InChI is InChI=1S/C30H35ClN4O/c31-26-14-11-23(12-15-26)13-16-30(36)33-20-27-17-18-35(21-28(19-32)34-27)22-29(24-7-3-1-4-8-24)25-9-5-2-6-10-25/h1-16,27-29,34H,17-22,32H2,(H,33,36). The lowest BCUT2D eigenvalue weighted by Gasteiger charge is -2.29. The van der Waals surface area contributed by atoms with Crippen LogP contribution in [0.15, 0.2) is 91.0 Å². The molecule has 1 amide bonds. The number of nitrogens with zero attached hydrogens (tertiary/aromatic N) is 1. The van der Waals surface area contributed by atoms with Gasteiger partial charge in [0.15, 0.2) is 0 Å². The molecular weight excluding hydrogens is 468 g/mol. The minimum atomic E-state index is -0.106. The third kappa shape index (κ3) is 7.77. The molecule has 5 nitrogen and oxygen atoms in total. The number of nitrogens with two attached hydrogens (primary N) is 1. The first-order valence-electron chi connectivity index (χ1n) is 12.6. The quantitative estimate of drug-likeness (QED) is 0.382. The Labute approximate surface area is 219 Å². The lowest BCUT2D eigenvalue weighted by atomic mass is 9.90. The van der Waals surface area contributed by atoms with Gasteiger partial charge in [-0.05, 0) is 47.9 Å². The molecule has 0 aromatic heterocycles. The van der Waals surface area contributed by atoms with Crippen LogP contribution in [-0.2, 0) is 4.79 Å². The van der Waals surface area contributed by atoms with Gasteiger partial charge in [-0.1, -0.05) is 84.4 Å². The summed E-state index contributed by atoms with van der Waals surface area (Å²) in [5, 5.41) is 7.38. The molecule has 1 heterocycles. The van der Waals surface area contributed by atoms with Gasteiger partial charge >= 0.3 is 0 Å². The number of halogens is 1. The Morgan fingerprint density at radius 3 is 2.25 bits per heavy atom. The number of hydrogen-bond donors (Lipinski definition) is 3. The summed E-state index contributed by atoms with van der Waals surface area (Å²) >= 11 is 5.92. The molecule has 188 valence electrons. The van der Waals surface area contributed by atoms with Gasteiger partial charge in [-0.25, -0.2) is 0 Å². The van der Waals surface area contributed by atoms with Crippen LogP contribution < -0.4 is 16.4 Å². The summed E-state index contributed by atoms with van der Waals surface area (Å²) in [6, 6.07) is 29.2. The molecule has 0 bridgehead atoms. The van der Waals surface area contributed by atoms with Crippen molar-refractivity contribution in [2.24, 2.45) is 5.73 Å². The van der Waals surface area contributed by atoms with E-state index in [0.717, 1.165) is 31.6 Å². The first kappa shape index (κ1) is 26.1. The Hall–Kier alpha value is -2.96. The van der Waals surface area contributed by atoms with E-state index in [1.807, 2.05) is 24.3 Å². The molecule has 3 aromatic rings. The van der Waals surface area contributed by atoms with Gasteiger partial charge in [-0.2, -0.15) is 0 Å². The topological polar surface area (TPSA) is 70.4 Å². The minimum absolute atomic E-state index is 0.106. The van der Waals surface area contributed by atoms with Gasteiger partial charge in [-0.15, -0.1) is 0 Å².